The predicted octanol–water partition coefficient (Wildman–Crippen LogP) is 2.53. The summed E-state index contributed by atoms with van der Waals surface area (Å²) in [4.78, 5) is 19.7. The highest BCUT2D eigenvalue weighted by Gasteiger charge is 2.38. The van der Waals surface area contributed by atoms with Crippen LogP contribution in [-0.4, -0.2) is 35.9 Å². The van der Waals surface area contributed by atoms with Crippen LogP contribution in [0.5, 0.6) is 11.5 Å². The molecule has 9 heteroatoms. The Morgan fingerprint density at radius 3 is 2.17 bits per heavy atom. The molecule has 0 heterocycles. The summed E-state index contributed by atoms with van der Waals surface area (Å²) in [6.45, 7) is 6.36. The van der Waals surface area contributed by atoms with E-state index in [1.54, 1.807) is 6.07 Å². The molecule has 1 amide bonds. The molecule has 0 saturated carbocycles. The van der Waals surface area contributed by atoms with E-state index in [-0.39, 0.29) is 18.4 Å². The zero-order valence-electron chi connectivity index (χ0n) is 13.5. The summed E-state index contributed by atoms with van der Waals surface area (Å²) in [5, 5.41) is 7.12. The van der Waals surface area contributed by atoms with Gasteiger partial charge in [0.05, 0.1) is 19.1 Å². The molecule has 0 aliphatic heterocycles. The number of aliphatic carboxylic acids is 1. The molecule has 24 heavy (non-hydrogen) atoms. The minimum atomic E-state index is -5.08. The third kappa shape index (κ3) is 8.86. The second-order valence-corrected chi connectivity index (χ2v) is 4.83. The SMILES string of the molecule is CCOc1cc(CC(N)=O)ccc1OC(C)C.O=C(O)C(F)(F)F. The summed E-state index contributed by atoms with van der Waals surface area (Å²) in [7, 11) is 0. The molecule has 0 aliphatic carbocycles. The van der Waals surface area contributed by atoms with E-state index in [2.05, 4.69) is 0 Å². The van der Waals surface area contributed by atoms with Crippen molar-refractivity contribution < 1.29 is 37.3 Å². The van der Waals surface area contributed by atoms with Crippen molar-refractivity contribution in [1.29, 1.82) is 0 Å². The van der Waals surface area contributed by atoms with Gasteiger partial charge in [-0.3, -0.25) is 4.79 Å². The van der Waals surface area contributed by atoms with E-state index in [9.17, 15) is 18.0 Å². The van der Waals surface area contributed by atoms with Gasteiger partial charge in [0.2, 0.25) is 5.91 Å². The Morgan fingerprint density at radius 2 is 1.79 bits per heavy atom. The largest absolute Gasteiger partial charge is 0.490 e. The summed E-state index contributed by atoms with van der Waals surface area (Å²) in [5.74, 6) is -1.77. The molecule has 0 spiro atoms. The molecule has 0 bridgehead atoms. The maximum atomic E-state index is 10.9. The number of primary amides is 1. The average Bonchev–Trinajstić information content (AvgIpc) is 2.40. The van der Waals surface area contributed by atoms with Gasteiger partial charge in [0, 0.05) is 0 Å². The number of rotatable bonds is 6. The molecular formula is C15H20F3NO5. The molecule has 0 saturated heterocycles. The first-order chi connectivity index (χ1) is 11.0. The van der Waals surface area contributed by atoms with Gasteiger partial charge in [0.25, 0.3) is 0 Å². The zero-order chi connectivity index (χ0) is 18.9. The topological polar surface area (TPSA) is 98.9 Å². The maximum absolute atomic E-state index is 10.9. The van der Waals surface area contributed by atoms with E-state index in [4.69, 9.17) is 25.1 Å². The first-order valence-electron chi connectivity index (χ1n) is 6.98. The normalized spacial score (nSPS) is 10.6. The van der Waals surface area contributed by atoms with Gasteiger partial charge < -0.3 is 20.3 Å². The molecule has 0 fully saturated rings. The van der Waals surface area contributed by atoms with Crippen molar-refractivity contribution in [3.63, 3.8) is 0 Å². The Labute approximate surface area is 137 Å². The van der Waals surface area contributed by atoms with Crippen molar-refractivity contribution in [3.8, 4) is 11.5 Å². The molecule has 0 unspecified atom stereocenters. The van der Waals surface area contributed by atoms with Gasteiger partial charge in [0.1, 0.15) is 0 Å². The van der Waals surface area contributed by atoms with Crippen molar-refractivity contribution in [2.24, 2.45) is 5.73 Å². The van der Waals surface area contributed by atoms with Crippen molar-refractivity contribution in [2.75, 3.05) is 6.61 Å². The minimum absolute atomic E-state index is 0.0798. The average molecular weight is 351 g/mol. The van der Waals surface area contributed by atoms with Crippen molar-refractivity contribution in [3.05, 3.63) is 23.8 Å². The summed E-state index contributed by atoms with van der Waals surface area (Å²) in [5.41, 5.74) is 5.99. The highest BCUT2D eigenvalue weighted by atomic mass is 19.4. The Balaban J connectivity index is 0.000000640. The van der Waals surface area contributed by atoms with E-state index in [1.807, 2.05) is 32.9 Å². The molecule has 1 rings (SSSR count). The van der Waals surface area contributed by atoms with Gasteiger partial charge in [-0.1, -0.05) is 6.07 Å². The van der Waals surface area contributed by atoms with Gasteiger partial charge >= 0.3 is 12.1 Å². The smallest absolute Gasteiger partial charge is 0.490 e. The molecule has 0 atom stereocenters. The molecule has 0 aliphatic rings. The van der Waals surface area contributed by atoms with Crippen molar-refractivity contribution in [1.82, 2.24) is 0 Å². The van der Waals surface area contributed by atoms with Gasteiger partial charge in [-0.2, -0.15) is 13.2 Å². The molecular weight excluding hydrogens is 331 g/mol. The highest BCUT2D eigenvalue weighted by molar-refractivity contribution is 5.76. The van der Waals surface area contributed by atoms with Crippen LogP contribution >= 0.6 is 0 Å². The van der Waals surface area contributed by atoms with Crippen molar-refractivity contribution >= 4 is 11.9 Å². The Hall–Kier alpha value is -2.45. The number of carbonyl (C=O) groups is 2. The number of amides is 1. The number of nitrogens with two attached hydrogens (primary N) is 1. The molecule has 136 valence electrons. The number of hydrogen-bond donors (Lipinski definition) is 2. The number of carboxylic acid groups (broad SMARTS) is 1. The molecule has 1 aromatic carbocycles. The second kappa shape index (κ2) is 9.64. The van der Waals surface area contributed by atoms with Crippen LogP contribution in [0.3, 0.4) is 0 Å². The van der Waals surface area contributed by atoms with Crippen LogP contribution < -0.4 is 15.2 Å². The van der Waals surface area contributed by atoms with Crippen LogP contribution in [0.1, 0.15) is 26.3 Å². The van der Waals surface area contributed by atoms with Crippen molar-refractivity contribution in [2.45, 2.75) is 39.5 Å². The number of carbonyl (C=O) groups excluding carboxylic acids is 1. The molecule has 6 nitrogen and oxygen atoms in total. The highest BCUT2D eigenvalue weighted by Crippen LogP contribution is 2.29. The van der Waals surface area contributed by atoms with Gasteiger partial charge in [-0.25, -0.2) is 4.79 Å². The third-order valence-corrected chi connectivity index (χ3v) is 2.29. The Bertz CT molecular complexity index is 559. The summed E-state index contributed by atoms with van der Waals surface area (Å²) >= 11 is 0. The number of halogens is 3. The van der Waals surface area contributed by atoms with Gasteiger partial charge in [-0.05, 0) is 38.5 Å². The van der Waals surface area contributed by atoms with Crippen LogP contribution in [0.4, 0.5) is 13.2 Å². The summed E-state index contributed by atoms with van der Waals surface area (Å²) in [6, 6.07) is 5.43. The number of hydrogen-bond acceptors (Lipinski definition) is 4. The lowest BCUT2D eigenvalue weighted by Crippen LogP contribution is -2.21. The maximum Gasteiger partial charge on any atom is 0.490 e. The van der Waals surface area contributed by atoms with Gasteiger partial charge in [-0.15, -0.1) is 0 Å². The Morgan fingerprint density at radius 1 is 1.25 bits per heavy atom. The standard InChI is InChI=1S/C13H19NO3.C2HF3O2/c1-4-16-12-7-10(8-13(14)15)5-6-11(12)17-9(2)3;3-2(4,5)1(6)7/h5-7,9H,4,8H2,1-3H3,(H2,14,15);(H,6,7). The first-order valence-corrected chi connectivity index (χ1v) is 6.98. The van der Waals surface area contributed by atoms with E-state index in [1.165, 1.54) is 0 Å². The predicted molar refractivity (Wildman–Crippen MR) is 80.0 cm³/mol. The Kier molecular flexibility index (Phi) is 8.65. The van der Waals surface area contributed by atoms with Crippen LogP contribution in [0.15, 0.2) is 18.2 Å². The quantitative estimate of drug-likeness (QED) is 0.820. The van der Waals surface area contributed by atoms with Gasteiger partial charge in [0.15, 0.2) is 11.5 Å². The minimum Gasteiger partial charge on any atom is -0.490 e. The number of benzene rings is 1. The monoisotopic (exact) mass is 351 g/mol. The lowest BCUT2D eigenvalue weighted by molar-refractivity contribution is -0.192. The molecule has 1 aromatic rings. The molecule has 0 aromatic heterocycles. The van der Waals surface area contributed by atoms with Crippen LogP contribution in [-0.2, 0) is 16.0 Å². The van der Waals surface area contributed by atoms with E-state index >= 15 is 0 Å². The fourth-order valence-electron chi connectivity index (χ4n) is 1.48. The molecule has 3 N–H and O–H groups in total. The lowest BCUT2D eigenvalue weighted by Gasteiger charge is -2.15. The van der Waals surface area contributed by atoms with Crippen LogP contribution in [0.2, 0.25) is 0 Å². The second-order valence-electron chi connectivity index (χ2n) is 4.83. The van der Waals surface area contributed by atoms with E-state index in [0.29, 0.717) is 18.1 Å². The molecule has 0 radical (unpaired) electrons. The van der Waals surface area contributed by atoms with Crippen LogP contribution in [0, 0.1) is 0 Å². The third-order valence-electron chi connectivity index (χ3n) is 2.29. The van der Waals surface area contributed by atoms with Crippen LogP contribution in [0.25, 0.3) is 0 Å². The fraction of sp³-hybridized carbons (Fsp3) is 0.467. The summed E-state index contributed by atoms with van der Waals surface area (Å²) < 4.78 is 42.8. The number of alkyl halides is 3. The first kappa shape index (κ1) is 21.6. The lowest BCUT2D eigenvalue weighted by atomic mass is 10.1. The number of ether oxygens (including phenoxy) is 2. The number of carboxylic acids is 1. The fourth-order valence-corrected chi connectivity index (χ4v) is 1.48. The zero-order valence-corrected chi connectivity index (χ0v) is 13.5. The van der Waals surface area contributed by atoms with E-state index < -0.39 is 12.1 Å². The van der Waals surface area contributed by atoms with E-state index in [0.717, 1.165) is 5.56 Å². The summed E-state index contributed by atoms with van der Waals surface area (Å²) in [6.07, 6.45) is -4.79.